The molecule has 0 aliphatic rings. The van der Waals surface area contributed by atoms with E-state index >= 15 is 0 Å². The number of furan rings is 1. The first-order valence-electron chi connectivity index (χ1n) is 4.68. The lowest BCUT2D eigenvalue weighted by Crippen LogP contribution is -2.26. The van der Waals surface area contributed by atoms with Gasteiger partial charge >= 0.3 is 0 Å². The molecule has 0 saturated heterocycles. The van der Waals surface area contributed by atoms with Gasteiger partial charge in [0.15, 0.2) is 5.76 Å². The van der Waals surface area contributed by atoms with Crippen molar-refractivity contribution in [1.82, 2.24) is 5.32 Å². The van der Waals surface area contributed by atoms with Crippen LogP contribution in [0.25, 0.3) is 0 Å². The van der Waals surface area contributed by atoms with Gasteiger partial charge in [0.25, 0.3) is 15.0 Å². The van der Waals surface area contributed by atoms with Gasteiger partial charge in [0.05, 0.1) is 6.61 Å². The minimum atomic E-state index is -3.90. The fraction of sp³-hybridized carbons (Fsp3) is 0.444. The molecule has 0 atom stereocenters. The van der Waals surface area contributed by atoms with E-state index in [1.807, 2.05) is 0 Å². The molecule has 1 aromatic heterocycles. The number of amides is 1. The highest BCUT2D eigenvalue weighted by atomic mass is 35.7. The molecule has 0 radical (unpaired) electrons. The highest BCUT2D eigenvalue weighted by Crippen LogP contribution is 2.23. The maximum absolute atomic E-state index is 11.5. The van der Waals surface area contributed by atoms with Crippen LogP contribution in [0.1, 0.15) is 16.3 Å². The second-order valence-corrected chi connectivity index (χ2v) is 5.75. The molecular weight excluding hydrogens is 270 g/mol. The van der Waals surface area contributed by atoms with Crippen molar-refractivity contribution in [1.29, 1.82) is 0 Å². The van der Waals surface area contributed by atoms with Crippen molar-refractivity contribution in [2.45, 2.75) is 11.8 Å². The Morgan fingerprint density at radius 1 is 1.59 bits per heavy atom. The van der Waals surface area contributed by atoms with Crippen LogP contribution in [0.15, 0.2) is 15.4 Å². The normalized spacial score (nSPS) is 11.5. The quantitative estimate of drug-likeness (QED) is 0.640. The van der Waals surface area contributed by atoms with Crippen molar-refractivity contribution in [3.05, 3.63) is 17.6 Å². The van der Waals surface area contributed by atoms with E-state index in [2.05, 4.69) is 5.32 Å². The van der Waals surface area contributed by atoms with Crippen molar-refractivity contribution in [2.24, 2.45) is 0 Å². The van der Waals surface area contributed by atoms with E-state index in [1.54, 1.807) is 0 Å². The Balaban J connectivity index is 2.83. The third-order valence-electron chi connectivity index (χ3n) is 1.95. The van der Waals surface area contributed by atoms with Crippen molar-refractivity contribution in [3.63, 3.8) is 0 Å². The van der Waals surface area contributed by atoms with Crippen LogP contribution in [0, 0.1) is 6.92 Å². The summed E-state index contributed by atoms with van der Waals surface area (Å²) in [4.78, 5) is 11.3. The second kappa shape index (κ2) is 5.52. The van der Waals surface area contributed by atoms with Crippen molar-refractivity contribution in [2.75, 3.05) is 20.3 Å². The summed E-state index contributed by atoms with van der Waals surface area (Å²) >= 11 is 0. The topological polar surface area (TPSA) is 85.6 Å². The molecule has 0 aliphatic carbocycles. The lowest BCUT2D eigenvalue weighted by atomic mass is 10.4. The molecule has 0 aliphatic heterocycles. The highest BCUT2D eigenvalue weighted by molar-refractivity contribution is 8.13. The first kappa shape index (κ1) is 14.0. The molecule has 8 heteroatoms. The smallest absolute Gasteiger partial charge is 0.287 e. The van der Waals surface area contributed by atoms with Crippen LogP contribution >= 0.6 is 10.7 Å². The van der Waals surface area contributed by atoms with Gasteiger partial charge < -0.3 is 14.5 Å². The fourth-order valence-corrected chi connectivity index (χ4v) is 2.27. The Hall–Kier alpha value is -1.05. The Morgan fingerprint density at radius 2 is 2.24 bits per heavy atom. The average molecular weight is 282 g/mol. The van der Waals surface area contributed by atoms with E-state index in [0.717, 1.165) is 6.07 Å². The Bertz CT molecular complexity index is 507. The predicted octanol–water partition coefficient (Wildman–Crippen LogP) is 0.892. The van der Waals surface area contributed by atoms with Gasteiger partial charge in [0.1, 0.15) is 10.7 Å². The molecule has 0 aromatic carbocycles. The largest absolute Gasteiger partial charge is 0.455 e. The predicted molar refractivity (Wildman–Crippen MR) is 60.7 cm³/mol. The number of aryl methyl sites for hydroxylation is 1. The molecule has 0 spiro atoms. The molecule has 0 fully saturated rings. The number of ether oxygens (including phenoxy) is 1. The molecule has 0 bridgehead atoms. The summed E-state index contributed by atoms with van der Waals surface area (Å²) in [6, 6.07) is 1.10. The minimum absolute atomic E-state index is 0.0805. The van der Waals surface area contributed by atoms with Crippen molar-refractivity contribution >= 4 is 25.6 Å². The van der Waals surface area contributed by atoms with E-state index in [4.69, 9.17) is 19.8 Å². The SMILES string of the molecule is COCCNC(=O)c1cc(S(=O)(=O)Cl)c(C)o1. The van der Waals surface area contributed by atoms with E-state index in [9.17, 15) is 13.2 Å². The molecule has 1 amide bonds. The van der Waals surface area contributed by atoms with Gasteiger partial charge in [-0.25, -0.2) is 8.42 Å². The molecule has 17 heavy (non-hydrogen) atoms. The first-order valence-corrected chi connectivity index (χ1v) is 6.99. The summed E-state index contributed by atoms with van der Waals surface area (Å²) < 4.78 is 32.0. The van der Waals surface area contributed by atoms with Gasteiger partial charge in [-0.15, -0.1) is 0 Å². The van der Waals surface area contributed by atoms with Gasteiger partial charge in [0.2, 0.25) is 0 Å². The number of rotatable bonds is 5. The van der Waals surface area contributed by atoms with Crippen LogP contribution in [0.4, 0.5) is 0 Å². The zero-order valence-electron chi connectivity index (χ0n) is 9.32. The van der Waals surface area contributed by atoms with E-state index in [-0.39, 0.29) is 16.4 Å². The molecule has 0 unspecified atom stereocenters. The maximum atomic E-state index is 11.5. The summed E-state index contributed by atoms with van der Waals surface area (Å²) in [5.41, 5.74) is 0. The van der Waals surface area contributed by atoms with Gasteiger partial charge in [0, 0.05) is 30.4 Å². The van der Waals surface area contributed by atoms with Crippen LogP contribution in [0.3, 0.4) is 0 Å². The number of nitrogens with one attached hydrogen (secondary N) is 1. The number of carbonyl (C=O) groups excluding carboxylic acids is 1. The molecule has 0 saturated carbocycles. The van der Waals surface area contributed by atoms with Gasteiger partial charge in [-0.1, -0.05) is 0 Å². The minimum Gasteiger partial charge on any atom is -0.455 e. The molecule has 1 N–H and O–H groups in total. The third kappa shape index (κ3) is 3.72. The Kier molecular flexibility index (Phi) is 4.55. The summed E-state index contributed by atoms with van der Waals surface area (Å²) in [6.07, 6.45) is 0. The van der Waals surface area contributed by atoms with Crippen LogP contribution in [0.5, 0.6) is 0 Å². The van der Waals surface area contributed by atoms with E-state index in [1.165, 1.54) is 14.0 Å². The van der Waals surface area contributed by atoms with Gasteiger partial charge in [-0.05, 0) is 6.92 Å². The number of methoxy groups -OCH3 is 1. The number of halogens is 1. The molecule has 1 aromatic rings. The standard InChI is InChI=1S/C9H12ClNO5S/c1-6-8(17(10,13)14)5-7(16-6)9(12)11-3-4-15-2/h5H,3-4H2,1-2H3,(H,11,12). The average Bonchev–Trinajstić information content (AvgIpc) is 2.60. The summed E-state index contributed by atoms with van der Waals surface area (Å²) in [5.74, 6) is -0.536. The van der Waals surface area contributed by atoms with Crippen LogP contribution in [-0.4, -0.2) is 34.6 Å². The number of hydrogen-bond acceptors (Lipinski definition) is 5. The lowest BCUT2D eigenvalue weighted by molar-refractivity contribution is 0.0908. The molecule has 96 valence electrons. The number of hydrogen-bond donors (Lipinski definition) is 1. The van der Waals surface area contributed by atoms with Crippen LogP contribution in [-0.2, 0) is 13.8 Å². The van der Waals surface area contributed by atoms with Crippen molar-refractivity contribution < 1.29 is 22.4 Å². The third-order valence-corrected chi connectivity index (χ3v) is 3.38. The monoisotopic (exact) mass is 281 g/mol. The van der Waals surface area contributed by atoms with Crippen LogP contribution < -0.4 is 5.32 Å². The molecule has 1 heterocycles. The van der Waals surface area contributed by atoms with Gasteiger partial charge in [-0.2, -0.15) is 0 Å². The lowest BCUT2D eigenvalue weighted by Gasteiger charge is -2.00. The van der Waals surface area contributed by atoms with Crippen LogP contribution in [0.2, 0.25) is 0 Å². The van der Waals surface area contributed by atoms with Gasteiger partial charge in [-0.3, -0.25) is 4.79 Å². The molecule has 1 rings (SSSR count). The number of carbonyl (C=O) groups is 1. The molecule has 6 nitrogen and oxygen atoms in total. The van der Waals surface area contributed by atoms with E-state index in [0.29, 0.717) is 13.2 Å². The first-order chi connectivity index (χ1) is 7.86. The summed E-state index contributed by atoms with van der Waals surface area (Å²) in [7, 11) is 2.77. The Labute approximate surface area is 103 Å². The maximum Gasteiger partial charge on any atom is 0.287 e. The van der Waals surface area contributed by atoms with Crippen molar-refractivity contribution in [3.8, 4) is 0 Å². The zero-order valence-corrected chi connectivity index (χ0v) is 10.9. The summed E-state index contributed by atoms with van der Waals surface area (Å²) in [5, 5.41) is 2.50. The van der Waals surface area contributed by atoms with E-state index < -0.39 is 15.0 Å². The highest BCUT2D eigenvalue weighted by Gasteiger charge is 2.21. The second-order valence-electron chi connectivity index (χ2n) is 3.22. The molecular formula is C9H12ClNO5S. The zero-order chi connectivity index (χ0) is 13.1. The fourth-order valence-electron chi connectivity index (χ4n) is 1.17. The Morgan fingerprint density at radius 3 is 2.71 bits per heavy atom. The summed E-state index contributed by atoms with van der Waals surface area (Å²) in [6.45, 7) is 2.07.